The summed E-state index contributed by atoms with van der Waals surface area (Å²) in [6.45, 7) is 6.95. The van der Waals surface area contributed by atoms with Crippen molar-refractivity contribution in [1.82, 2.24) is 0 Å². The Morgan fingerprint density at radius 3 is 2.69 bits per heavy atom. The molecular formula is C10H16BO2. The zero-order chi connectivity index (χ0) is 9.27. The molecule has 0 spiro atoms. The number of rotatable bonds is 0. The molecule has 1 unspecified atom stereocenters. The van der Waals surface area contributed by atoms with E-state index in [1.807, 2.05) is 0 Å². The highest BCUT2D eigenvalue weighted by atomic mass is 16.6. The second-order valence-corrected chi connectivity index (χ2v) is 5.56. The van der Waals surface area contributed by atoms with E-state index in [1.54, 1.807) is 7.69 Å². The second-order valence-electron chi connectivity index (χ2n) is 5.56. The van der Waals surface area contributed by atoms with Crippen LogP contribution in [0.1, 0.15) is 33.6 Å². The summed E-state index contributed by atoms with van der Waals surface area (Å²) in [5.74, 6) is 1.54. The van der Waals surface area contributed by atoms with Crippen molar-refractivity contribution < 1.29 is 9.31 Å². The van der Waals surface area contributed by atoms with Gasteiger partial charge in [-0.15, -0.1) is 0 Å². The summed E-state index contributed by atoms with van der Waals surface area (Å²) in [5, 5.41) is 0. The summed E-state index contributed by atoms with van der Waals surface area (Å²) in [4.78, 5) is 0. The maximum atomic E-state index is 5.68. The molecule has 1 saturated heterocycles. The molecule has 3 heteroatoms. The lowest BCUT2D eigenvalue weighted by Gasteiger charge is -2.64. The Morgan fingerprint density at radius 1 is 1.23 bits per heavy atom. The first-order valence-corrected chi connectivity index (χ1v) is 5.20. The van der Waals surface area contributed by atoms with Crippen LogP contribution in [0.4, 0.5) is 0 Å². The first kappa shape index (κ1) is 8.31. The molecule has 0 aromatic rings. The van der Waals surface area contributed by atoms with Crippen LogP contribution in [0.2, 0.25) is 0 Å². The Morgan fingerprint density at radius 2 is 2.00 bits per heavy atom. The van der Waals surface area contributed by atoms with Crippen LogP contribution in [-0.4, -0.2) is 19.4 Å². The minimum atomic E-state index is -0.0295. The number of hydrogen-bond donors (Lipinski definition) is 0. The predicted molar refractivity (Wildman–Crippen MR) is 50.1 cm³/mol. The van der Waals surface area contributed by atoms with Gasteiger partial charge in [-0.25, -0.2) is 0 Å². The van der Waals surface area contributed by atoms with Crippen LogP contribution < -0.4 is 0 Å². The molecule has 2 nitrogen and oxygen atoms in total. The zero-order valence-corrected chi connectivity index (χ0v) is 8.54. The SMILES string of the molecule is CC1(C)[C@H]2CC3O[B]O[C@]3(C)[C@@H]1C2. The molecule has 4 aliphatic rings. The fourth-order valence-corrected chi connectivity index (χ4v) is 3.65. The van der Waals surface area contributed by atoms with Gasteiger partial charge in [-0.2, -0.15) is 0 Å². The first-order chi connectivity index (χ1) is 6.05. The topological polar surface area (TPSA) is 18.5 Å². The molecule has 1 aliphatic heterocycles. The normalized spacial score (nSPS) is 56.4. The van der Waals surface area contributed by atoms with Gasteiger partial charge in [-0.3, -0.25) is 0 Å². The van der Waals surface area contributed by atoms with Gasteiger partial charge in [0.1, 0.15) is 0 Å². The zero-order valence-electron chi connectivity index (χ0n) is 8.54. The Balaban J connectivity index is 1.97. The molecule has 4 fully saturated rings. The Labute approximate surface area is 80.3 Å². The van der Waals surface area contributed by atoms with E-state index in [-0.39, 0.29) is 5.60 Å². The molecule has 0 aromatic carbocycles. The van der Waals surface area contributed by atoms with Crippen LogP contribution >= 0.6 is 0 Å². The first-order valence-electron chi connectivity index (χ1n) is 5.20. The summed E-state index contributed by atoms with van der Waals surface area (Å²) in [6.07, 6.45) is 2.83. The van der Waals surface area contributed by atoms with Crippen LogP contribution in [0, 0.1) is 17.3 Å². The molecule has 1 radical (unpaired) electrons. The van der Waals surface area contributed by atoms with Gasteiger partial charge in [0, 0.05) is 0 Å². The third-order valence-electron chi connectivity index (χ3n) is 4.82. The minimum absolute atomic E-state index is 0.0295. The molecule has 4 atom stereocenters. The summed E-state index contributed by atoms with van der Waals surface area (Å²) < 4.78 is 11.2. The predicted octanol–water partition coefficient (Wildman–Crippen LogP) is 1.76. The van der Waals surface area contributed by atoms with Crippen LogP contribution in [0.5, 0.6) is 0 Å². The van der Waals surface area contributed by atoms with Crippen LogP contribution in [0.15, 0.2) is 0 Å². The molecule has 3 aliphatic carbocycles. The summed E-state index contributed by atoms with van der Waals surface area (Å²) in [7, 11) is 1.56. The lowest BCUT2D eigenvalue weighted by Crippen LogP contribution is -2.65. The van der Waals surface area contributed by atoms with Crippen molar-refractivity contribution in [3.63, 3.8) is 0 Å². The van der Waals surface area contributed by atoms with E-state index < -0.39 is 0 Å². The van der Waals surface area contributed by atoms with Crippen molar-refractivity contribution in [3.8, 4) is 0 Å². The third-order valence-corrected chi connectivity index (χ3v) is 4.82. The van der Waals surface area contributed by atoms with Crippen molar-refractivity contribution in [2.45, 2.75) is 45.3 Å². The Bertz CT molecular complexity index is 253. The molecule has 3 saturated carbocycles. The lowest BCUT2D eigenvalue weighted by molar-refractivity contribution is -0.199. The van der Waals surface area contributed by atoms with Crippen LogP contribution in [0.25, 0.3) is 0 Å². The van der Waals surface area contributed by atoms with Gasteiger partial charge in [0.15, 0.2) is 0 Å². The van der Waals surface area contributed by atoms with Crippen molar-refractivity contribution in [3.05, 3.63) is 0 Å². The van der Waals surface area contributed by atoms with E-state index in [4.69, 9.17) is 9.31 Å². The monoisotopic (exact) mass is 179 g/mol. The van der Waals surface area contributed by atoms with Crippen molar-refractivity contribution in [2.75, 3.05) is 0 Å². The highest BCUT2D eigenvalue weighted by molar-refractivity contribution is 6.19. The molecule has 2 bridgehead atoms. The Kier molecular flexibility index (Phi) is 1.37. The summed E-state index contributed by atoms with van der Waals surface area (Å²) >= 11 is 0. The van der Waals surface area contributed by atoms with Gasteiger partial charge in [-0.05, 0) is 37.0 Å². The van der Waals surface area contributed by atoms with E-state index in [0.29, 0.717) is 17.4 Å². The lowest BCUT2D eigenvalue weighted by atomic mass is 9.43. The van der Waals surface area contributed by atoms with Gasteiger partial charge < -0.3 is 9.31 Å². The van der Waals surface area contributed by atoms with Gasteiger partial charge in [-0.1, -0.05) is 13.8 Å². The molecule has 1 heterocycles. The van der Waals surface area contributed by atoms with E-state index >= 15 is 0 Å². The van der Waals surface area contributed by atoms with E-state index in [1.165, 1.54) is 12.8 Å². The minimum Gasteiger partial charge on any atom is -0.407 e. The molecule has 0 N–H and O–H groups in total. The largest absolute Gasteiger partial charge is 0.488 e. The Hall–Kier alpha value is -0.0151. The standard InChI is InChI=1S/C10H16BO2/c1-9(2)6-4-7(9)10(3)8(5-6)12-11-13-10/h6-8H,4-5H2,1-3H3/t6-,7-,8?,10-/m1/s1. The average molecular weight is 179 g/mol. The van der Waals surface area contributed by atoms with Crippen molar-refractivity contribution >= 4 is 7.69 Å². The van der Waals surface area contributed by atoms with Crippen LogP contribution in [0.3, 0.4) is 0 Å². The molecule has 71 valence electrons. The molecule has 4 rings (SSSR count). The van der Waals surface area contributed by atoms with Gasteiger partial charge in [0.25, 0.3) is 0 Å². The van der Waals surface area contributed by atoms with Gasteiger partial charge in [0.2, 0.25) is 0 Å². The average Bonchev–Trinajstić information content (AvgIpc) is 2.44. The summed E-state index contributed by atoms with van der Waals surface area (Å²) in [6, 6.07) is 0. The van der Waals surface area contributed by atoms with Crippen molar-refractivity contribution in [2.24, 2.45) is 17.3 Å². The van der Waals surface area contributed by atoms with E-state index in [2.05, 4.69) is 20.8 Å². The van der Waals surface area contributed by atoms with Crippen LogP contribution in [-0.2, 0) is 9.31 Å². The second kappa shape index (κ2) is 2.14. The summed E-state index contributed by atoms with van der Waals surface area (Å²) in [5.41, 5.74) is 0.436. The smallest absolute Gasteiger partial charge is 0.407 e. The maximum Gasteiger partial charge on any atom is 0.488 e. The van der Waals surface area contributed by atoms with Gasteiger partial charge >= 0.3 is 7.69 Å². The molecule has 0 aromatic heterocycles. The molecular weight excluding hydrogens is 163 g/mol. The molecule has 13 heavy (non-hydrogen) atoms. The third kappa shape index (κ3) is 0.786. The van der Waals surface area contributed by atoms with E-state index in [9.17, 15) is 0 Å². The van der Waals surface area contributed by atoms with Crippen molar-refractivity contribution in [1.29, 1.82) is 0 Å². The molecule has 0 amide bonds. The fourth-order valence-electron chi connectivity index (χ4n) is 3.65. The number of hydrogen-bond acceptors (Lipinski definition) is 2. The maximum absolute atomic E-state index is 5.68. The fraction of sp³-hybridized carbons (Fsp3) is 1.00. The quantitative estimate of drug-likeness (QED) is 0.527. The van der Waals surface area contributed by atoms with E-state index in [0.717, 1.165) is 5.92 Å². The highest BCUT2D eigenvalue weighted by Crippen LogP contribution is 2.65. The highest BCUT2D eigenvalue weighted by Gasteiger charge is 2.65. The van der Waals surface area contributed by atoms with Gasteiger partial charge in [0.05, 0.1) is 11.7 Å².